The third-order valence-electron chi connectivity index (χ3n) is 3.35. The number of carbonyl (C=O) groups is 1. The molecule has 9 heteroatoms. The smallest absolute Gasteiger partial charge is 0.282 e. The number of aliphatic imine (C=N–C) groups is 1. The minimum absolute atomic E-state index is 0.0568. The van der Waals surface area contributed by atoms with E-state index < -0.39 is 10.8 Å². The first-order valence-electron chi connectivity index (χ1n) is 7.23. The van der Waals surface area contributed by atoms with E-state index in [0.29, 0.717) is 10.7 Å². The van der Waals surface area contributed by atoms with Crippen molar-refractivity contribution in [2.24, 2.45) is 10.1 Å². The highest BCUT2D eigenvalue weighted by Crippen LogP contribution is 2.29. The standard InChI is InChI=1S/C15H13N5O3S/c1-2-4-12-18-19-13(16)11(14(21)17-15(19)24-12)8-9-5-3-6-10(7-9)20(22)23/h3,5-8,16H,2,4H2,1H3. The third-order valence-corrected chi connectivity index (χ3v) is 4.32. The van der Waals surface area contributed by atoms with Gasteiger partial charge in [0.2, 0.25) is 5.17 Å². The van der Waals surface area contributed by atoms with Crippen LogP contribution in [0.2, 0.25) is 0 Å². The van der Waals surface area contributed by atoms with Gasteiger partial charge < -0.3 is 0 Å². The molecule has 122 valence electrons. The summed E-state index contributed by atoms with van der Waals surface area (Å²) < 4.78 is 0. The molecule has 1 N–H and O–H groups in total. The number of amidine groups is 2. The quantitative estimate of drug-likeness (QED) is 0.513. The summed E-state index contributed by atoms with van der Waals surface area (Å²) in [6.45, 7) is 2.02. The van der Waals surface area contributed by atoms with Gasteiger partial charge in [0.25, 0.3) is 11.6 Å². The predicted octanol–water partition coefficient (Wildman–Crippen LogP) is 3.01. The van der Waals surface area contributed by atoms with E-state index in [1.165, 1.54) is 41.0 Å². The van der Waals surface area contributed by atoms with E-state index >= 15 is 0 Å². The van der Waals surface area contributed by atoms with E-state index in [2.05, 4.69) is 10.1 Å². The van der Waals surface area contributed by atoms with Crippen LogP contribution in [0.1, 0.15) is 25.3 Å². The first-order valence-corrected chi connectivity index (χ1v) is 8.05. The molecule has 0 unspecified atom stereocenters. The molecule has 0 aromatic heterocycles. The lowest BCUT2D eigenvalue weighted by atomic mass is 10.1. The summed E-state index contributed by atoms with van der Waals surface area (Å²) in [4.78, 5) is 26.5. The fourth-order valence-corrected chi connectivity index (χ4v) is 3.23. The highest BCUT2D eigenvalue weighted by atomic mass is 32.2. The molecule has 1 aromatic carbocycles. The maximum absolute atomic E-state index is 12.2. The topological polar surface area (TPSA) is 112 Å². The second-order valence-corrected chi connectivity index (χ2v) is 6.16. The van der Waals surface area contributed by atoms with Crippen molar-refractivity contribution < 1.29 is 9.72 Å². The van der Waals surface area contributed by atoms with Crippen molar-refractivity contribution in [1.29, 1.82) is 5.41 Å². The monoisotopic (exact) mass is 343 g/mol. The van der Waals surface area contributed by atoms with Gasteiger partial charge in [-0.1, -0.05) is 19.1 Å². The Hall–Kier alpha value is -2.81. The molecule has 2 aliphatic heterocycles. The largest absolute Gasteiger partial charge is 0.283 e. The number of amides is 1. The zero-order valence-corrected chi connectivity index (χ0v) is 13.5. The molecule has 0 radical (unpaired) electrons. The Morgan fingerprint density at radius 3 is 2.96 bits per heavy atom. The number of nitro benzene ring substituents is 1. The molecule has 0 bridgehead atoms. The van der Waals surface area contributed by atoms with E-state index in [4.69, 9.17) is 5.41 Å². The lowest BCUT2D eigenvalue weighted by Crippen LogP contribution is -2.35. The van der Waals surface area contributed by atoms with Gasteiger partial charge in [-0.15, -0.1) is 0 Å². The maximum atomic E-state index is 12.2. The SMILES string of the molecule is CCCC1=NN2C(=N)C(=Cc3cccc([N+](=O)[O-])c3)C(=O)N=C2S1. The second-order valence-electron chi connectivity index (χ2n) is 5.12. The number of thioether (sulfide) groups is 1. The Bertz CT molecular complexity index is 843. The minimum Gasteiger partial charge on any atom is -0.282 e. The van der Waals surface area contributed by atoms with Crippen molar-refractivity contribution >= 4 is 45.5 Å². The van der Waals surface area contributed by atoms with Crippen molar-refractivity contribution in [3.8, 4) is 0 Å². The number of rotatable bonds is 4. The number of hydrogen-bond donors (Lipinski definition) is 1. The van der Waals surface area contributed by atoms with Gasteiger partial charge in [0.1, 0.15) is 5.04 Å². The first-order chi connectivity index (χ1) is 11.5. The van der Waals surface area contributed by atoms with Crippen LogP contribution in [0, 0.1) is 15.5 Å². The van der Waals surface area contributed by atoms with Crippen molar-refractivity contribution in [3.63, 3.8) is 0 Å². The number of carbonyl (C=O) groups excluding carboxylic acids is 1. The average molecular weight is 343 g/mol. The van der Waals surface area contributed by atoms with Crippen LogP contribution in [0.4, 0.5) is 5.69 Å². The maximum Gasteiger partial charge on any atom is 0.283 e. The van der Waals surface area contributed by atoms with Crippen LogP contribution in [0.3, 0.4) is 0 Å². The van der Waals surface area contributed by atoms with E-state index in [1.807, 2.05) is 6.92 Å². The Morgan fingerprint density at radius 2 is 2.25 bits per heavy atom. The summed E-state index contributed by atoms with van der Waals surface area (Å²) in [7, 11) is 0. The molecule has 8 nitrogen and oxygen atoms in total. The Labute approximate surface area is 141 Å². The molecule has 2 heterocycles. The lowest BCUT2D eigenvalue weighted by molar-refractivity contribution is -0.384. The summed E-state index contributed by atoms with van der Waals surface area (Å²) in [6, 6.07) is 5.87. The van der Waals surface area contributed by atoms with Crippen molar-refractivity contribution in [2.75, 3.05) is 0 Å². The molecule has 0 aliphatic carbocycles. The van der Waals surface area contributed by atoms with Crippen molar-refractivity contribution in [2.45, 2.75) is 19.8 Å². The summed E-state index contributed by atoms with van der Waals surface area (Å²) in [6.07, 6.45) is 3.09. The van der Waals surface area contributed by atoms with E-state index in [9.17, 15) is 14.9 Å². The highest BCUT2D eigenvalue weighted by Gasteiger charge is 2.35. The Kier molecular flexibility index (Phi) is 4.26. The zero-order valence-electron chi connectivity index (χ0n) is 12.7. The van der Waals surface area contributed by atoms with Crippen LogP contribution in [0.15, 0.2) is 39.9 Å². The van der Waals surface area contributed by atoms with E-state index in [1.54, 1.807) is 6.07 Å². The molecule has 3 rings (SSSR count). The molecule has 1 amide bonds. The van der Waals surface area contributed by atoms with Gasteiger partial charge in [-0.05, 0) is 36.2 Å². The molecule has 1 aromatic rings. The molecule has 0 saturated carbocycles. The number of nitrogens with zero attached hydrogens (tertiary/aromatic N) is 4. The van der Waals surface area contributed by atoms with Crippen LogP contribution in [-0.2, 0) is 4.79 Å². The Morgan fingerprint density at radius 1 is 1.46 bits per heavy atom. The number of nitro groups is 1. The summed E-state index contributed by atoms with van der Waals surface area (Å²) >= 11 is 1.29. The van der Waals surface area contributed by atoms with Gasteiger partial charge in [0, 0.05) is 12.1 Å². The van der Waals surface area contributed by atoms with E-state index in [-0.39, 0.29) is 17.1 Å². The Balaban J connectivity index is 1.95. The number of nitrogens with one attached hydrogen (secondary N) is 1. The molecule has 0 saturated heterocycles. The molecular weight excluding hydrogens is 330 g/mol. The van der Waals surface area contributed by atoms with Crippen LogP contribution in [-0.4, -0.2) is 31.9 Å². The molecular formula is C15H13N5O3S. The van der Waals surface area contributed by atoms with Crippen molar-refractivity contribution in [1.82, 2.24) is 5.01 Å². The summed E-state index contributed by atoms with van der Waals surface area (Å²) in [5.74, 6) is -0.617. The second kappa shape index (κ2) is 6.36. The lowest BCUT2D eigenvalue weighted by Gasteiger charge is -2.20. The fraction of sp³-hybridized carbons (Fsp3) is 0.200. The van der Waals surface area contributed by atoms with Gasteiger partial charge in [-0.2, -0.15) is 15.1 Å². The number of fused-ring (bicyclic) bond motifs is 1. The van der Waals surface area contributed by atoms with Crippen LogP contribution < -0.4 is 0 Å². The van der Waals surface area contributed by atoms with Crippen LogP contribution in [0.5, 0.6) is 0 Å². The van der Waals surface area contributed by atoms with Crippen LogP contribution >= 0.6 is 11.8 Å². The summed E-state index contributed by atoms with van der Waals surface area (Å²) in [5.41, 5.74) is 0.435. The third kappa shape index (κ3) is 2.98. The molecule has 0 atom stereocenters. The first kappa shape index (κ1) is 16.1. The van der Waals surface area contributed by atoms with Gasteiger partial charge in [-0.25, -0.2) is 0 Å². The molecule has 0 spiro atoms. The molecule has 2 aliphatic rings. The number of benzene rings is 1. The summed E-state index contributed by atoms with van der Waals surface area (Å²) in [5, 5.41) is 25.9. The van der Waals surface area contributed by atoms with Crippen molar-refractivity contribution in [3.05, 3.63) is 45.5 Å². The van der Waals surface area contributed by atoms with Gasteiger partial charge >= 0.3 is 0 Å². The highest BCUT2D eigenvalue weighted by molar-refractivity contribution is 8.26. The van der Waals surface area contributed by atoms with E-state index in [0.717, 1.165) is 17.9 Å². The molecule has 0 fully saturated rings. The van der Waals surface area contributed by atoms with Crippen LogP contribution in [0.25, 0.3) is 6.08 Å². The average Bonchev–Trinajstić information content (AvgIpc) is 2.95. The van der Waals surface area contributed by atoms with Gasteiger partial charge in [-0.3, -0.25) is 20.3 Å². The zero-order chi connectivity index (χ0) is 17.3. The molecule has 24 heavy (non-hydrogen) atoms. The normalized spacial score (nSPS) is 18.5. The predicted molar refractivity (Wildman–Crippen MR) is 93.0 cm³/mol. The van der Waals surface area contributed by atoms with Gasteiger partial charge in [0.05, 0.1) is 10.5 Å². The number of hydrogen-bond acceptors (Lipinski definition) is 6. The number of hydrazone groups is 1. The minimum atomic E-state index is -0.543. The van der Waals surface area contributed by atoms with Gasteiger partial charge in [0.15, 0.2) is 5.84 Å². The fourth-order valence-electron chi connectivity index (χ4n) is 2.24. The number of non-ortho nitro benzene ring substituents is 1.